The van der Waals surface area contributed by atoms with Gasteiger partial charge in [0.2, 0.25) is 0 Å². The summed E-state index contributed by atoms with van der Waals surface area (Å²) >= 11 is 0. The van der Waals surface area contributed by atoms with Crippen LogP contribution in [0.15, 0.2) is 42.5 Å². The number of anilines is 1. The van der Waals surface area contributed by atoms with Gasteiger partial charge in [-0.05, 0) is 24.3 Å². The Bertz CT molecular complexity index is 643. The minimum atomic E-state index is -0.419. The van der Waals surface area contributed by atoms with Gasteiger partial charge in [0.15, 0.2) is 0 Å². The predicted octanol–water partition coefficient (Wildman–Crippen LogP) is 3.22. The van der Waals surface area contributed by atoms with Gasteiger partial charge in [-0.25, -0.2) is 0 Å². The van der Waals surface area contributed by atoms with Crippen LogP contribution in [0.1, 0.15) is 5.56 Å². The number of nitrogens with zero attached hydrogens (tertiary/aromatic N) is 1. The van der Waals surface area contributed by atoms with Crippen molar-refractivity contribution in [3.05, 3.63) is 58.1 Å². The van der Waals surface area contributed by atoms with E-state index in [4.69, 9.17) is 9.47 Å². The van der Waals surface area contributed by atoms with Crippen LogP contribution in [0.4, 0.5) is 11.4 Å². The molecule has 1 N–H and O–H groups in total. The Morgan fingerprint density at radius 2 is 1.95 bits per heavy atom. The number of ether oxygens (including phenoxy) is 2. The van der Waals surface area contributed by atoms with E-state index in [0.29, 0.717) is 12.2 Å². The number of rotatable bonds is 6. The van der Waals surface area contributed by atoms with Crippen LogP contribution in [0.5, 0.6) is 11.5 Å². The lowest BCUT2D eigenvalue weighted by atomic mass is 10.1. The van der Waals surface area contributed by atoms with Gasteiger partial charge in [-0.3, -0.25) is 10.1 Å². The fraction of sp³-hybridized carbons (Fsp3) is 0.200. The zero-order valence-electron chi connectivity index (χ0n) is 11.8. The summed E-state index contributed by atoms with van der Waals surface area (Å²) in [5.41, 5.74) is 1.63. The van der Waals surface area contributed by atoms with E-state index in [0.717, 1.165) is 17.1 Å². The Labute approximate surface area is 122 Å². The highest BCUT2D eigenvalue weighted by molar-refractivity contribution is 5.52. The van der Waals surface area contributed by atoms with Gasteiger partial charge >= 0.3 is 0 Å². The maximum Gasteiger partial charge on any atom is 0.271 e. The van der Waals surface area contributed by atoms with Gasteiger partial charge in [-0.15, -0.1) is 0 Å². The third-order valence-electron chi connectivity index (χ3n) is 3.03. The minimum absolute atomic E-state index is 0.0533. The standard InChI is InChI=1S/C15H16N2O4/c1-20-14-6-7-15(21-2)11(8-14)10-16-12-4-3-5-13(9-12)17(18)19/h3-9,16H,10H2,1-2H3. The molecule has 0 radical (unpaired) electrons. The largest absolute Gasteiger partial charge is 0.497 e. The topological polar surface area (TPSA) is 73.6 Å². The maximum absolute atomic E-state index is 10.8. The van der Waals surface area contributed by atoms with E-state index in [9.17, 15) is 10.1 Å². The molecular formula is C15H16N2O4. The molecule has 0 spiro atoms. The lowest BCUT2D eigenvalue weighted by molar-refractivity contribution is -0.384. The number of nitro benzene ring substituents is 1. The summed E-state index contributed by atoms with van der Waals surface area (Å²) in [7, 11) is 3.19. The molecule has 0 amide bonds. The van der Waals surface area contributed by atoms with Crippen LogP contribution in [-0.4, -0.2) is 19.1 Å². The number of benzene rings is 2. The molecule has 0 saturated carbocycles. The predicted molar refractivity (Wildman–Crippen MR) is 80.0 cm³/mol. The van der Waals surface area contributed by atoms with Crippen molar-refractivity contribution < 1.29 is 14.4 Å². The third-order valence-corrected chi connectivity index (χ3v) is 3.03. The van der Waals surface area contributed by atoms with Crippen LogP contribution in [0.2, 0.25) is 0 Å². The Morgan fingerprint density at radius 3 is 2.62 bits per heavy atom. The van der Waals surface area contributed by atoms with Crippen molar-refractivity contribution in [1.82, 2.24) is 0 Å². The molecule has 0 aliphatic heterocycles. The van der Waals surface area contributed by atoms with Gasteiger partial charge in [0.25, 0.3) is 5.69 Å². The molecule has 6 heteroatoms. The summed E-state index contributed by atoms with van der Waals surface area (Å²) in [4.78, 5) is 10.3. The van der Waals surface area contributed by atoms with Crippen molar-refractivity contribution in [1.29, 1.82) is 0 Å². The van der Waals surface area contributed by atoms with Crippen molar-refractivity contribution in [2.45, 2.75) is 6.54 Å². The first-order chi connectivity index (χ1) is 10.1. The second kappa shape index (κ2) is 6.60. The summed E-state index contributed by atoms with van der Waals surface area (Å²) < 4.78 is 10.5. The third kappa shape index (κ3) is 3.62. The lowest BCUT2D eigenvalue weighted by Gasteiger charge is -2.12. The molecule has 0 bridgehead atoms. The summed E-state index contributed by atoms with van der Waals surface area (Å²) in [5.74, 6) is 1.46. The van der Waals surface area contributed by atoms with Gasteiger partial charge in [0.1, 0.15) is 11.5 Å². The Morgan fingerprint density at radius 1 is 1.14 bits per heavy atom. The van der Waals surface area contributed by atoms with Crippen LogP contribution >= 0.6 is 0 Å². The molecule has 2 rings (SSSR count). The molecule has 2 aromatic rings. The monoisotopic (exact) mass is 288 g/mol. The molecule has 0 aromatic heterocycles. The number of non-ortho nitro benzene ring substituents is 1. The number of hydrogen-bond acceptors (Lipinski definition) is 5. The maximum atomic E-state index is 10.8. The van der Waals surface area contributed by atoms with E-state index in [-0.39, 0.29) is 5.69 Å². The molecule has 0 fully saturated rings. The van der Waals surface area contributed by atoms with Gasteiger partial charge in [0.05, 0.1) is 19.1 Å². The van der Waals surface area contributed by atoms with Crippen LogP contribution < -0.4 is 14.8 Å². The molecule has 110 valence electrons. The zero-order chi connectivity index (χ0) is 15.2. The van der Waals surface area contributed by atoms with E-state index in [2.05, 4.69) is 5.32 Å². The Hall–Kier alpha value is -2.76. The van der Waals surface area contributed by atoms with Crippen molar-refractivity contribution in [2.24, 2.45) is 0 Å². The van der Waals surface area contributed by atoms with E-state index >= 15 is 0 Å². The van der Waals surface area contributed by atoms with Crippen molar-refractivity contribution in [3.8, 4) is 11.5 Å². The lowest BCUT2D eigenvalue weighted by Crippen LogP contribution is -2.02. The fourth-order valence-electron chi connectivity index (χ4n) is 1.95. The molecule has 0 atom stereocenters. The molecular weight excluding hydrogens is 272 g/mol. The first-order valence-electron chi connectivity index (χ1n) is 6.33. The summed E-state index contributed by atoms with van der Waals surface area (Å²) in [6, 6.07) is 11.9. The van der Waals surface area contributed by atoms with E-state index in [1.807, 2.05) is 18.2 Å². The average Bonchev–Trinajstić information content (AvgIpc) is 2.52. The quantitative estimate of drug-likeness (QED) is 0.652. The van der Waals surface area contributed by atoms with Crippen LogP contribution in [0.25, 0.3) is 0 Å². The fourth-order valence-corrected chi connectivity index (χ4v) is 1.95. The minimum Gasteiger partial charge on any atom is -0.497 e. The van der Waals surface area contributed by atoms with Gasteiger partial charge < -0.3 is 14.8 Å². The molecule has 0 unspecified atom stereocenters. The van der Waals surface area contributed by atoms with Crippen molar-refractivity contribution in [3.63, 3.8) is 0 Å². The van der Waals surface area contributed by atoms with Crippen LogP contribution in [0.3, 0.4) is 0 Å². The van der Waals surface area contributed by atoms with Crippen LogP contribution in [0, 0.1) is 10.1 Å². The normalized spacial score (nSPS) is 10.0. The molecule has 0 aliphatic rings. The second-order valence-electron chi connectivity index (χ2n) is 4.34. The molecule has 0 aliphatic carbocycles. The molecule has 0 heterocycles. The van der Waals surface area contributed by atoms with Crippen molar-refractivity contribution in [2.75, 3.05) is 19.5 Å². The SMILES string of the molecule is COc1ccc(OC)c(CNc2cccc([N+](=O)[O-])c2)c1. The molecule has 2 aromatic carbocycles. The molecule has 6 nitrogen and oxygen atoms in total. The average molecular weight is 288 g/mol. The molecule has 21 heavy (non-hydrogen) atoms. The summed E-state index contributed by atoms with van der Waals surface area (Å²) in [6.45, 7) is 0.474. The first-order valence-corrected chi connectivity index (χ1v) is 6.33. The highest BCUT2D eigenvalue weighted by Gasteiger charge is 2.08. The summed E-state index contributed by atoms with van der Waals surface area (Å²) in [6.07, 6.45) is 0. The van der Waals surface area contributed by atoms with Crippen molar-refractivity contribution >= 4 is 11.4 Å². The Balaban J connectivity index is 2.15. The zero-order valence-corrected chi connectivity index (χ0v) is 11.8. The smallest absolute Gasteiger partial charge is 0.271 e. The number of hydrogen-bond donors (Lipinski definition) is 1. The number of nitrogens with one attached hydrogen (secondary N) is 1. The number of methoxy groups -OCH3 is 2. The number of nitro groups is 1. The highest BCUT2D eigenvalue weighted by Crippen LogP contribution is 2.25. The van der Waals surface area contributed by atoms with E-state index in [1.165, 1.54) is 12.1 Å². The molecule has 0 saturated heterocycles. The highest BCUT2D eigenvalue weighted by atomic mass is 16.6. The second-order valence-corrected chi connectivity index (χ2v) is 4.34. The van der Waals surface area contributed by atoms with Gasteiger partial charge in [-0.2, -0.15) is 0 Å². The van der Waals surface area contributed by atoms with Gasteiger partial charge in [0, 0.05) is 29.9 Å². The first kappa shape index (κ1) is 14.6. The van der Waals surface area contributed by atoms with Crippen LogP contribution in [-0.2, 0) is 6.54 Å². The van der Waals surface area contributed by atoms with E-state index < -0.39 is 4.92 Å². The summed E-state index contributed by atoms with van der Waals surface area (Å²) in [5, 5.41) is 13.9. The Kier molecular flexibility index (Phi) is 4.61. The van der Waals surface area contributed by atoms with E-state index in [1.54, 1.807) is 26.4 Å². The van der Waals surface area contributed by atoms with Gasteiger partial charge in [-0.1, -0.05) is 6.07 Å².